The summed E-state index contributed by atoms with van der Waals surface area (Å²) in [7, 11) is 0. The number of nitrogens with zero attached hydrogens (tertiary/aromatic N) is 3. The smallest absolute Gasteiger partial charge is 0.240 e. The van der Waals surface area contributed by atoms with Crippen molar-refractivity contribution < 1.29 is 9.63 Å². The molecule has 1 N–H and O–H groups in total. The van der Waals surface area contributed by atoms with Gasteiger partial charge in [-0.1, -0.05) is 25.9 Å². The van der Waals surface area contributed by atoms with Crippen LogP contribution in [0.1, 0.15) is 46.3 Å². The van der Waals surface area contributed by atoms with Gasteiger partial charge < -0.3 is 9.63 Å². The zero-order valence-corrected chi connectivity index (χ0v) is 11.4. The molecule has 17 heavy (non-hydrogen) atoms. The van der Waals surface area contributed by atoms with Gasteiger partial charge in [0.2, 0.25) is 5.89 Å². The van der Waals surface area contributed by atoms with Gasteiger partial charge in [0.25, 0.3) is 0 Å². The molecule has 1 rings (SSSR count). The summed E-state index contributed by atoms with van der Waals surface area (Å²) in [6.45, 7) is 11.7. The second-order valence-electron chi connectivity index (χ2n) is 5.55. The van der Waals surface area contributed by atoms with E-state index in [1.807, 2.05) is 0 Å². The molecule has 0 unspecified atom stereocenters. The van der Waals surface area contributed by atoms with Gasteiger partial charge in [0.05, 0.1) is 13.2 Å². The minimum absolute atomic E-state index is 0.0958. The lowest BCUT2D eigenvalue weighted by molar-refractivity contribution is 0.144. The van der Waals surface area contributed by atoms with E-state index in [0.717, 1.165) is 5.82 Å². The lowest BCUT2D eigenvalue weighted by Crippen LogP contribution is -2.33. The molecule has 0 saturated heterocycles. The third-order valence-corrected chi connectivity index (χ3v) is 2.59. The number of aromatic nitrogens is 2. The summed E-state index contributed by atoms with van der Waals surface area (Å²) in [5.74, 6) is 1.33. The van der Waals surface area contributed by atoms with Crippen LogP contribution in [0.2, 0.25) is 0 Å². The molecule has 1 aromatic heterocycles. The van der Waals surface area contributed by atoms with Crippen LogP contribution in [0.3, 0.4) is 0 Å². The minimum atomic E-state index is -0.0958. The molecule has 0 spiro atoms. The standard InChI is InChI=1S/C12H23N3O2/c1-9(2)15(6-7-16)8-10-13-11(14-17-10)12(3,4)5/h9,16H,6-8H2,1-5H3. The zero-order valence-electron chi connectivity index (χ0n) is 11.4. The third-order valence-electron chi connectivity index (χ3n) is 2.59. The van der Waals surface area contributed by atoms with Crippen molar-refractivity contribution in [2.75, 3.05) is 13.2 Å². The van der Waals surface area contributed by atoms with E-state index >= 15 is 0 Å². The molecule has 0 aliphatic carbocycles. The van der Waals surface area contributed by atoms with Gasteiger partial charge in [0.15, 0.2) is 5.82 Å². The van der Waals surface area contributed by atoms with E-state index in [2.05, 4.69) is 49.7 Å². The van der Waals surface area contributed by atoms with Gasteiger partial charge in [0.1, 0.15) is 0 Å². The first-order valence-electron chi connectivity index (χ1n) is 6.02. The molecule has 0 aromatic carbocycles. The number of aliphatic hydroxyl groups is 1. The van der Waals surface area contributed by atoms with Crippen LogP contribution in [-0.2, 0) is 12.0 Å². The highest BCUT2D eigenvalue weighted by Crippen LogP contribution is 2.19. The molecule has 1 heterocycles. The Morgan fingerprint density at radius 2 is 2.00 bits per heavy atom. The van der Waals surface area contributed by atoms with E-state index in [1.54, 1.807) is 0 Å². The topological polar surface area (TPSA) is 62.4 Å². The van der Waals surface area contributed by atoms with Gasteiger partial charge in [-0.2, -0.15) is 4.98 Å². The average molecular weight is 241 g/mol. The predicted octanol–water partition coefficient (Wildman–Crippen LogP) is 1.57. The van der Waals surface area contributed by atoms with Gasteiger partial charge in [-0.15, -0.1) is 0 Å². The first-order chi connectivity index (χ1) is 7.84. The minimum Gasteiger partial charge on any atom is -0.395 e. The van der Waals surface area contributed by atoms with E-state index in [1.165, 1.54) is 0 Å². The van der Waals surface area contributed by atoms with E-state index in [0.29, 0.717) is 25.0 Å². The number of aliphatic hydroxyl groups excluding tert-OH is 1. The van der Waals surface area contributed by atoms with Gasteiger partial charge in [-0.3, -0.25) is 4.90 Å². The second-order valence-corrected chi connectivity index (χ2v) is 5.55. The third kappa shape index (κ3) is 4.09. The molecule has 5 nitrogen and oxygen atoms in total. The van der Waals surface area contributed by atoms with Gasteiger partial charge in [0, 0.05) is 18.0 Å². The Morgan fingerprint density at radius 3 is 2.41 bits per heavy atom. The highest BCUT2D eigenvalue weighted by Gasteiger charge is 2.22. The average Bonchev–Trinajstić information content (AvgIpc) is 2.64. The predicted molar refractivity (Wildman–Crippen MR) is 65.6 cm³/mol. The highest BCUT2D eigenvalue weighted by molar-refractivity contribution is 4.99. The van der Waals surface area contributed by atoms with E-state index in [-0.39, 0.29) is 12.0 Å². The molecule has 98 valence electrons. The quantitative estimate of drug-likeness (QED) is 0.847. The van der Waals surface area contributed by atoms with Crippen LogP contribution in [-0.4, -0.2) is 39.3 Å². The van der Waals surface area contributed by atoms with E-state index in [4.69, 9.17) is 9.63 Å². The van der Waals surface area contributed by atoms with Crippen molar-refractivity contribution in [3.63, 3.8) is 0 Å². The molecule has 0 bridgehead atoms. The maximum atomic E-state index is 8.99. The van der Waals surface area contributed by atoms with Crippen molar-refractivity contribution in [3.05, 3.63) is 11.7 Å². The Kier molecular flexibility index (Phi) is 4.65. The van der Waals surface area contributed by atoms with Crippen LogP contribution in [0, 0.1) is 0 Å². The van der Waals surface area contributed by atoms with Crippen LogP contribution in [0.5, 0.6) is 0 Å². The monoisotopic (exact) mass is 241 g/mol. The summed E-state index contributed by atoms with van der Waals surface area (Å²) in [5, 5.41) is 13.0. The zero-order chi connectivity index (χ0) is 13.1. The maximum absolute atomic E-state index is 8.99. The van der Waals surface area contributed by atoms with Crippen LogP contribution in [0.4, 0.5) is 0 Å². The Morgan fingerprint density at radius 1 is 1.35 bits per heavy atom. The first-order valence-corrected chi connectivity index (χ1v) is 6.02. The Bertz CT molecular complexity index is 342. The van der Waals surface area contributed by atoms with Crippen LogP contribution >= 0.6 is 0 Å². The van der Waals surface area contributed by atoms with Crippen molar-refractivity contribution in [3.8, 4) is 0 Å². The van der Waals surface area contributed by atoms with Crippen molar-refractivity contribution in [1.29, 1.82) is 0 Å². The summed E-state index contributed by atoms with van der Waals surface area (Å²) in [4.78, 5) is 6.48. The number of rotatable bonds is 5. The molecule has 0 aliphatic heterocycles. The van der Waals surface area contributed by atoms with Crippen molar-refractivity contribution in [2.45, 2.75) is 52.6 Å². The lowest BCUT2D eigenvalue weighted by Gasteiger charge is -2.23. The molecule has 0 amide bonds. The van der Waals surface area contributed by atoms with E-state index in [9.17, 15) is 0 Å². The molecule has 0 saturated carbocycles. The first kappa shape index (κ1) is 14.1. The molecule has 1 aromatic rings. The van der Waals surface area contributed by atoms with Gasteiger partial charge in [-0.25, -0.2) is 0 Å². The molecule has 0 radical (unpaired) electrons. The Balaban J connectivity index is 2.70. The second kappa shape index (κ2) is 5.60. The molecule has 0 aliphatic rings. The maximum Gasteiger partial charge on any atom is 0.240 e. The Labute approximate surface area is 103 Å². The summed E-state index contributed by atoms with van der Waals surface area (Å²) in [6.07, 6.45) is 0. The Hall–Kier alpha value is -0.940. The molecule has 0 fully saturated rings. The molecular formula is C12H23N3O2. The van der Waals surface area contributed by atoms with E-state index < -0.39 is 0 Å². The summed E-state index contributed by atoms with van der Waals surface area (Å²) >= 11 is 0. The molecular weight excluding hydrogens is 218 g/mol. The van der Waals surface area contributed by atoms with Crippen LogP contribution in [0.15, 0.2) is 4.52 Å². The highest BCUT2D eigenvalue weighted by atomic mass is 16.5. The largest absolute Gasteiger partial charge is 0.395 e. The fourth-order valence-corrected chi connectivity index (χ4v) is 1.45. The van der Waals surface area contributed by atoms with Gasteiger partial charge >= 0.3 is 0 Å². The summed E-state index contributed by atoms with van der Waals surface area (Å²) in [6, 6.07) is 0.340. The van der Waals surface area contributed by atoms with Crippen molar-refractivity contribution >= 4 is 0 Å². The fourth-order valence-electron chi connectivity index (χ4n) is 1.45. The normalized spacial score (nSPS) is 12.7. The van der Waals surface area contributed by atoms with Crippen LogP contribution in [0.25, 0.3) is 0 Å². The number of hydrogen-bond donors (Lipinski definition) is 1. The van der Waals surface area contributed by atoms with Crippen LogP contribution < -0.4 is 0 Å². The van der Waals surface area contributed by atoms with Crippen molar-refractivity contribution in [2.24, 2.45) is 0 Å². The lowest BCUT2D eigenvalue weighted by atomic mass is 9.96. The van der Waals surface area contributed by atoms with Crippen molar-refractivity contribution in [1.82, 2.24) is 15.0 Å². The summed E-state index contributed by atoms with van der Waals surface area (Å²) in [5.41, 5.74) is -0.0958. The SMILES string of the molecule is CC(C)N(CCO)Cc1nc(C(C)(C)C)no1. The molecule has 0 atom stereocenters. The number of hydrogen-bond acceptors (Lipinski definition) is 5. The van der Waals surface area contributed by atoms with Gasteiger partial charge in [-0.05, 0) is 13.8 Å². The summed E-state index contributed by atoms with van der Waals surface area (Å²) < 4.78 is 5.23. The fraction of sp³-hybridized carbons (Fsp3) is 0.833. The molecule has 5 heteroatoms.